The van der Waals surface area contributed by atoms with Crippen molar-refractivity contribution in [2.45, 2.75) is 101 Å². The maximum absolute atomic E-state index is 15.3. The molecule has 1 amide bonds. The van der Waals surface area contributed by atoms with Crippen molar-refractivity contribution in [1.82, 2.24) is 5.32 Å². The molecule has 11 atom stereocenters. The number of ether oxygens (including phenoxy) is 5. The van der Waals surface area contributed by atoms with E-state index in [4.69, 9.17) is 23.7 Å². The van der Waals surface area contributed by atoms with Gasteiger partial charge in [-0.15, -0.1) is 0 Å². The number of carbonyl (C=O) groups excluding carboxylic acids is 5. The normalized spacial score (nSPS) is 31.3. The number of aliphatic hydroxyl groups excluding tert-OH is 1. The van der Waals surface area contributed by atoms with Crippen molar-refractivity contribution in [3.63, 3.8) is 0 Å². The van der Waals surface area contributed by atoms with Crippen LogP contribution in [-0.4, -0.2) is 116 Å². The number of phosphoric acid groups is 1. The molecule has 2 bridgehead atoms. The molecule has 0 aromatic heterocycles. The summed E-state index contributed by atoms with van der Waals surface area (Å²) in [6.07, 6.45) is -10.9. The average molecular weight is 922 g/mol. The minimum Gasteiger partial charge on any atom is -0.455 e. The van der Waals surface area contributed by atoms with Crippen molar-refractivity contribution < 1.29 is 81.9 Å². The van der Waals surface area contributed by atoms with Crippen LogP contribution in [0.5, 0.6) is 0 Å². The number of aliphatic hydroxyl groups is 3. The molecule has 3 aromatic rings. The zero-order chi connectivity index (χ0) is 47.3. The van der Waals surface area contributed by atoms with Crippen molar-refractivity contribution in [2.24, 2.45) is 16.7 Å². The Morgan fingerprint density at radius 3 is 2.03 bits per heavy atom. The monoisotopic (exact) mass is 921 g/mol. The van der Waals surface area contributed by atoms with Crippen LogP contribution in [0.1, 0.15) is 79.8 Å². The number of hydrogen-bond acceptors (Lipinski definition) is 15. The van der Waals surface area contributed by atoms with E-state index < -0.39 is 128 Å². The first-order chi connectivity index (χ1) is 30.5. The van der Waals surface area contributed by atoms with Crippen LogP contribution in [0.3, 0.4) is 0 Å². The van der Waals surface area contributed by atoms with E-state index in [1.54, 1.807) is 78.9 Å². The van der Waals surface area contributed by atoms with E-state index in [2.05, 4.69) is 9.84 Å². The van der Waals surface area contributed by atoms with E-state index in [0.29, 0.717) is 5.56 Å². The zero-order valence-corrected chi connectivity index (χ0v) is 37.1. The van der Waals surface area contributed by atoms with Gasteiger partial charge in [-0.25, -0.2) is 14.2 Å². The lowest BCUT2D eigenvalue weighted by Gasteiger charge is -2.67. The molecule has 348 valence electrons. The predicted octanol–water partition coefficient (Wildman–Crippen LogP) is 3.26. The summed E-state index contributed by atoms with van der Waals surface area (Å²) < 4.78 is 46.0. The fraction of sp³-hybridized carbons (Fsp3) is 0.457. The number of phosphoric ester groups is 1. The number of Topliss-reactive ketones (excluding diaryl/α,β-unsaturated/α-hetero) is 1. The summed E-state index contributed by atoms with van der Waals surface area (Å²) in [7, 11) is -5.10. The molecule has 1 heterocycles. The van der Waals surface area contributed by atoms with Gasteiger partial charge in [0, 0.05) is 36.7 Å². The smallest absolute Gasteiger partial charge is 0.455 e. The number of benzene rings is 3. The summed E-state index contributed by atoms with van der Waals surface area (Å²) in [5.74, 6) is -6.39. The van der Waals surface area contributed by atoms with Crippen LogP contribution in [0.4, 0.5) is 0 Å². The fourth-order valence-electron chi connectivity index (χ4n) is 10.2. The molecule has 0 spiro atoms. The highest BCUT2D eigenvalue weighted by Crippen LogP contribution is 2.64. The van der Waals surface area contributed by atoms with Gasteiger partial charge in [-0.2, -0.15) is 0 Å². The number of hydrogen-bond donors (Lipinski definition) is 6. The number of carbonyl (C=O) groups is 5. The molecule has 3 aliphatic carbocycles. The first-order valence-electron chi connectivity index (χ1n) is 20.9. The SMILES string of the molecule is CC(=O)OC(C(=O)OC1CC2(O)C(OC(=O)c3ccccc3)C3[C@]4(O)COC4CC(OCOP(=O)(O)O)[C@@]3(C)C(=O)C(O)C(=C1C)C2(C)C)C(NC(=O)c1ccccc1)c1ccccc1. The number of ketones is 1. The lowest BCUT2D eigenvalue weighted by atomic mass is 9.44. The molecule has 65 heavy (non-hydrogen) atoms. The van der Waals surface area contributed by atoms with Gasteiger partial charge in [-0.3, -0.25) is 18.9 Å². The number of nitrogens with one attached hydrogen (secondary N) is 1. The lowest BCUT2D eigenvalue weighted by Crippen LogP contribution is -2.81. The molecule has 0 radical (unpaired) electrons. The van der Waals surface area contributed by atoms with E-state index in [-0.39, 0.29) is 28.7 Å². The fourth-order valence-corrected chi connectivity index (χ4v) is 10.4. The van der Waals surface area contributed by atoms with Gasteiger partial charge >= 0.3 is 25.7 Å². The molecule has 3 aromatic carbocycles. The molecule has 6 N–H and O–H groups in total. The van der Waals surface area contributed by atoms with Gasteiger partial charge in [0.2, 0.25) is 6.10 Å². The van der Waals surface area contributed by atoms with Crippen molar-refractivity contribution in [3.05, 3.63) is 119 Å². The van der Waals surface area contributed by atoms with Gasteiger partial charge in [0.15, 0.2) is 12.6 Å². The molecule has 2 saturated carbocycles. The van der Waals surface area contributed by atoms with Crippen LogP contribution in [0, 0.1) is 16.7 Å². The summed E-state index contributed by atoms with van der Waals surface area (Å²) in [5, 5.41) is 41.4. The highest BCUT2D eigenvalue weighted by atomic mass is 31.2. The molecule has 1 saturated heterocycles. The Morgan fingerprint density at radius 2 is 1.48 bits per heavy atom. The van der Waals surface area contributed by atoms with Crippen LogP contribution < -0.4 is 5.32 Å². The summed E-state index contributed by atoms with van der Waals surface area (Å²) in [5.41, 5.74) is -7.79. The van der Waals surface area contributed by atoms with Gasteiger partial charge in [0.1, 0.15) is 35.6 Å². The van der Waals surface area contributed by atoms with Gasteiger partial charge in [0.05, 0.1) is 29.8 Å². The summed E-state index contributed by atoms with van der Waals surface area (Å²) in [6.45, 7) is 5.39. The molecular formula is C46H52NO17P. The highest BCUT2D eigenvalue weighted by molar-refractivity contribution is 7.46. The number of amides is 1. The number of fused-ring (bicyclic) bond motifs is 5. The van der Waals surface area contributed by atoms with Gasteiger partial charge in [-0.05, 0) is 54.8 Å². The van der Waals surface area contributed by atoms with E-state index in [0.717, 1.165) is 6.92 Å². The van der Waals surface area contributed by atoms with Crippen molar-refractivity contribution in [1.29, 1.82) is 0 Å². The second kappa shape index (κ2) is 17.9. The Balaban J connectivity index is 1.36. The molecule has 1 aliphatic heterocycles. The summed E-state index contributed by atoms with van der Waals surface area (Å²) >= 11 is 0. The second-order valence-electron chi connectivity index (χ2n) is 17.7. The van der Waals surface area contributed by atoms with Crippen LogP contribution in [0.15, 0.2) is 102 Å². The maximum Gasteiger partial charge on any atom is 0.471 e. The Hall–Kier alpha value is -5.14. The second-order valence-corrected chi connectivity index (χ2v) is 18.9. The van der Waals surface area contributed by atoms with Crippen molar-refractivity contribution in [3.8, 4) is 0 Å². The van der Waals surface area contributed by atoms with E-state index in [1.807, 2.05) is 0 Å². The standard InChI is InChI=1S/C46H52NO17P/c1-25-30(63-42(53)36(62-26(2)48)34(27-15-9-6-10-16-27)47-40(51)28-17-11-7-12-18-28)22-46(55)39(64-41(52)29-19-13-8-14-20-29)37-44(5,38(50)35(49)33(25)43(46,3)4)31(60-24-61-65(56,57)58)21-32-45(37,54)23-59-32/h6-20,30-32,34-37,39,49,54-55H,21-24H2,1-5H3,(H,47,51)(H2,56,57,58)/t30?,31?,32?,34?,35?,36?,37?,39?,44-,45+,46?/m1/s1. The van der Waals surface area contributed by atoms with Gasteiger partial charge in [0.25, 0.3) is 5.91 Å². The van der Waals surface area contributed by atoms with Gasteiger partial charge < -0.3 is 54.1 Å². The van der Waals surface area contributed by atoms with Crippen LogP contribution in [0.25, 0.3) is 0 Å². The van der Waals surface area contributed by atoms with Crippen LogP contribution in [0.2, 0.25) is 0 Å². The predicted molar refractivity (Wildman–Crippen MR) is 225 cm³/mol. The van der Waals surface area contributed by atoms with E-state index in [9.17, 15) is 48.8 Å². The Labute approximate surface area is 374 Å². The van der Waals surface area contributed by atoms with Crippen LogP contribution >= 0.6 is 7.82 Å². The first kappa shape index (κ1) is 47.8. The average Bonchev–Trinajstić information content (AvgIpc) is 3.26. The van der Waals surface area contributed by atoms with E-state index in [1.165, 1.54) is 39.8 Å². The summed E-state index contributed by atoms with van der Waals surface area (Å²) in [4.78, 5) is 89.4. The molecule has 7 rings (SSSR count). The van der Waals surface area contributed by atoms with Crippen molar-refractivity contribution >= 4 is 37.4 Å². The third kappa shape index (κ3) is 8.70. The third-order valence-corrected chi connectivity index (χ3v) is 14.1. The van der Waals surface area contributed by atoms with E-state index >= 15 is 4.79 Å². The van der Waals surface area contributed by atoms with Gasteiger partial charge in [-0.1, -0.05) is 80.6 Å². The third-order valence-electron chi connectivity index (χ3n) is 13.6. The molecular weight excluding hydrogens is 869 g/mol. The minimum atomic E-state index is -5.10. The van der Waals surface area contributed by atoms with Crippen LogP contribution in [-0.2, 0) is 47.2 Å². The molecule has 19 heteroatoms. The quantitative estimate of drug-likeness (QED) is 0.0472. The molecule has 18 nitrogen and oxygen atoms in total. The number of rotatable bonds is 13. The molecule has 3 fully saturated rings. The minimum absolute atomic E-state index is 0.0237. The maximum atomic E-state index is 15.3. The Kier molecular flexibility index (Phi) is 13.2. The lowest BCUT2D eigenvalue weighted by molar-refractivity contribution is -0.349. The molecule has 9 unspecified atom stereocenters. The topological polar surface area (TPSA) is 271 Å². The largest absolute Gasteiger partial charge is 0.471 e. The summed E-state index contributed by atoms with van der Waals surface area (Å²) in [6, 6.07) is 22.6. The first-order valence-corrected chi connectivity index (χ1v) is 22.4. The highest BCUT2D eigenvalue weighted by Gasteiger charge is 2.76. The number of esters is 3. The molecule has 4 aliphatic rings. The van der Waals surface area contributed by atoms with Crippen molar-refractivity contribution in [2.75, 3.05) is 13.4 Å². The Morgan fingerprint density at radius 1 is 0.892 bits per heavy atom. The zero-order valence-electron chi connectivity index (χ0n) is 36.2. The Bertz CT molecular complexity index is 2390.